The van der Waals surface area contributed by atoms with Crippen LogP contribution in [-0.4, -0.2) is 87.1 Å². The summed E-state index contributed by atoms with van der Waals surface area (Å²) < 4.78 is 0. The number of piperidine rings is 1. The maximum absolute atomic E-state index is 4.65. The summed E-state index contributed by atoms with van der Waals surface area (Å²) in [6, 6.07) is 0. The molecule has 3 fully saturated rings. The van der Waals surface area contributed by atoms with Crippen molar-refractivity contribution in [1.29, 1.82) is 0 Å². The van der Waals surface area contributed by atoms with Crippen LogP contribution in [0.3, 0.4) is 0 Å². The van der Waals surface area contributed by atoms with E-state index in [9.17, 15) is 0 Å². The average Bonchev–Trinajstić information content (AvgIpc) is 2.89. The molecule has 1 unspecified atom stereocenters. The van der Waals surface area contributed by atoms with Crippen LogP contribution in [0.1, 0.15) is 58.3 Å². The lowest BCUT2D eigenvalue weighted by Gasteiger charge is -2.44. The van der Waals surface area contributed by atoms with Crippen LogP contribution < -0.4 is 5.32 Å². The Morgan fingerprint density at radius 1 is 0.963 bits per heavy atom. The SMILES string of the molecule is CN=C(NCC(C)CN1CCN(C)CC1)N1CCCC2(CCCCCC2)C1. The van der Waals surface area contributed by atoms with Gasteiger partial charge in [-0.15, -0.1) is 0 Å². The molecule has 0 bridgehead atoms. The molecule has 2 saturated heterocycles. The van der Waals surface area contributed by atoms with Gasteiger partial charge in [0.25, 0.3) is 0 Å². The van der Waals surface area contributed by atoms with Gasteiger partial charge in [0.1, 0.15) is 0 Å². The highest BCUT2D eigenvalue weighted by Crippen LogP contribution is 2.42. The number of nitrogens with one attached hydrogen (secondary N) is 1. The molecule has 1 saturated carbocycles. The molecule has 0 aromatic carbocycles. The van der Waals surface area contributed by atoms with Crippen molar-refractivity contribution in [2.24, 2.45) is 16.3 Å². The molecule has 1 atom stereocenters. The van der Waals surface area contributed by atoms with Gasteiger partial charge in [-0.1, -0.05) is 32.6 Å². The maximum atomic E-state index is 4.65. The summed E-state index contributed by atoms with van der Waals surface area (Å²) in [7, 11) is 4.19. The Kier molecular flexibility index (Phi) is 7.83. The summed E-state index contributed by atoms with van der Waals surface area (Å²) in [4.78, 5) is 12.3. The topological polar surface area (TPSA) is 34.1 Å². The molecule has 0 radical (unpaired) electrons. The second-order valence-corrected chi connectivity index (χ2v) is 9.58. The zero-order valence-electron chi connectivity index (χ0n) is 18.2. The van der Waals surface area contributed by atoms with E-state index >= 15 is 0 Å². The first-order valence-corrected chi connectivity index (χ1v) is 11.5. The van der Waals surface area contributed by atoms with Gasteiger partial charge in [0.05, 0.1) is 0 Å². The molecule has 1 aliphatic carbocycles. The standard InChI is InChI=1S/C22H43N5/c1-20(18-26-15-13-25(3)14-16-26)17-24-21(23-2)27-12-8-11-22(19-27)9-6-4-5-7-10-22/h20H,4-19H2,1-3H3,(H,23,24). The molecule has 5 nitrogen and oxygen atoms in total. The van der Waals surface area contributed by atoms with Gasteiger partial charge in [-0.05, 0) is 44.1 Å². The maximum Gasteiger partial charge on any atom is 0.193 e. The van der Waals surface area contributed by atoms with E-state index in [2.05, 4.69) is 39.0 Å². The molecule has 0 amide bonds. The number of piperazine rings is 1. The van der Waals surface area contributed by atoms with Gasteiger partial charge in [0, 0.05) is 59.4 Å². The Morgan fingerprint density at radius 2 is 1.63 bits per heavy atom. The summed E-state index contributed by atoms with van der Waals surface area (Å²) in [5.41, 5.74) is 0.567. The van der Waals surface area contributed by atoms with Crippen molar-refractivity contribution in [3.63, 3.8) is 0 Å². The molecule has 1 spiro atoms. The van der Waals surface area contributed by atoms with Crippen LogP contribution in [0.5, 0.6) is 0 Å². The number of hydrogen-bond donors (Lipinski definition) is 1. The molecule has 3 aliphatic rings. The first kappa shape index (κ1) is 20.9. The van der Waals surface area contributed by atoms with Crippen LogP contribution >= 0.6 is 0 Å². The van der Waals surface area contributed by atoms with Gasteiger partial charge in [-0.2, -0.15) is 0 Å². The minimum Gasteiger partial charge on any atom is -0.356 e. The number of likely N-dealkylation sites (tertiary alicyclic amines) is 1. The average molecular weight is 378 g/mol. The molecule has 5 heteroatoms. The highest BCUT2D eigenvalue weighted by Gasteiger charge is 2.36. The predicted molar refractivity (Wildman–Crippen MR) is 115 cm³/mol. The molecule has 0 aromatic rings. The van der Waals surface area contributed by atoms with Crippen molar-refractivity contribution in [2.45, 2.75) is 58.3 Å². The third-order valence-corrected chi connectivity index (χ3v) is 7.11. The van der Waals surface area contributed by atoms with Crippen LogP contribution in [0.4, 0.5) is 0 Å². The molecule has 1 N–H and O–H groups in total. The molecule has 2 heterocycles. The minimum absolute atomic E-state index is 0.567. The van der Waals surface area contributed by atoms with Gasteiger partial charge >= 0.3 is 0 Å². The predicted octanol–water partition coefficient (Wildman–Crippen LogP) is 2.88. The fourth-order valence-electron chi connectivity index (χ4n) is 5.41. The van der Waals surface area contributed by atoms with E-state index < -0.39 is 0 Å². The van der Waals surface area contributed by atoms with E-state index in [1.54, 1.807) is 0 Å². The highest BCUT2D eigenvalue weighted by atomic mass is 15.3. The number of nitrogens with zero attached hydrogens (tertiary/aromatic N) is 4. The van der Waals surface area contributed by atoms with Crippen molar-refractivity contribution in [3.8, 4) is 0 Å². The zero-order chi connectivity index (χ0) is 19.1. The normalized spacial score (nSPS) is 26.8. The first-order valence-electron chi connectivity index (χ1n) is 11.5. The van der Waals surface area contributed by atoms with Crippen LogP contribution in [0.15, 0.2) is 4.99 Å². The number of rotatable bonds is 4. The molecular formula is C22H43N5. The Balaban J connectivity index is 1.46. The summed E-state index contributed by atoms with van der Waals surface area (Å²) in [6.07, 6.45) is 11.4. The lowest BCUT2D eigenvalue weighted by Crippen LogP contribution is -2.52. The fourth-order valence-corrected chi connectivity index (χ4v) is 5.41. The van der Waals surface area contributed by atoms with E-state index in [1.165, 1.54) is 97.2 Å². The Bertz CT molecular complexity index is 461. The lowest BCUT2D eigenvalue weighted by molar-refractivity contribution is 0.114. The molecule has 2 aliphatic heterocycles. The largest absolute Gasteiger partial charge is 0.356 e. The summed E-state index contributed by atoms with van der Waals surface area (Å²) in [5.74, 6) is 1.80. The Hall–Kier alpha value is -0.810. The summed E-state index contributed by atoms with van der Waals surface area (Å²) >= 11 is 0. The van der Waals surface area contributed by atoms with E-state index in [4.69, 9.17) is 0 Å². The number of hydrogen-bond acceptors (Lipinski definition) is 3. The third kappa shape index (κ3) is 6.08. The van der Waals surface area contributed by atoms with Crippen LogP contribution in [-0.2, 0) is 0 Å². The van der Waals surface area contributed by atoms with Crippen molar-refractivity contribution in [1.82, 2.24) is 20.0 Å². The van der Waals surface area contributed by atoms with Gasteiger partial charge in [0.2, 0.25) is 0 Å². The van der Waals surface area contributed by atoms with Crippen molar-refractivity contribution in [3.05, 3.63) is 0 Å². The first-order chi connectivity index (χ1) is 13.1. The molecular weight excluding hydrogens is 334 g/mol. The molecule has 3 rings (SSSR count). The Labute approximate surface area is 167 Å². The summed E-state index contributed by atoms with van der Waals surface area (Å²) in [5, 5.41) is 3.71. The monoisotopic (exact) mass is 377 g/mol. The molecule has 27 heavy (non-hydrogen) atoms. The lowest BCUT2D eigenvalue weighted by atomic mass is 9.74. The van der Waals surface area contributed by atoms with Crippen LogP contribution in [0.25, 0.3) is 0 Å². The Morgan fingerprint density at radius 3 is 2.30 bits per heavy atom. The van der Waals surface area contributed by atoms with Crippen molar-refractivity contribution >= 4 is 5.96 Å². The van der Waals surface area contributed by atoms with E-state index in [1.807, 2.05) is 7.05 Å². The molecule has 0 aromatic heterocycles. The van der Waals surface area contributed by atoms with Crippen LogP contribution in [0.2, 0.25) is 0 Å². The van der Waals surface area contributed by atoms with E-state index in [-0.39, 0.29) is 0 Å². The van der Waals surface area contributed by atoms with Gasteiger partial charge < -0.3 is 20.0 Å². The van der Waals surface area contributed by atoms with E-state index in [0.717, 1.165) is 12.5 Å². The van der Waals surface area contributed by atoms with Crippen molar-refractivity contribution in [2.75, 3.05) is 66.5 Å². The minimum atomic E-state index is 0.567. The second-order valence-electron chi connectivity index (χ2n) is 9.58. The van der Waals surface area contributed by atoms with Gasteiger partial charge in [-0.25, -0.2) is 0 Å². The third-order valence-electron chi connectivity index (χ3n) is 7.11. The van der Waals surface area contributed by atoms with Gasteiger partial charge in [-0.3, -0.25) is 4.99 Å². The second kappa shape index (κ2) is 10.1. The van der Waals surface area contributed by atoms with Gasteiger partial charge in [0.15, 0.2) is 5.96 Å². The smallest absolute Gasteiger partial charge is 0.193 e. The van der Waals surface area contributed by atoms with Crippen molar-refractivity contribution < 1.29 is 0 Å². The van der Waals surface area contributed by atoms with Crippen LogP contribution in [0, 0.1) is 11.3 Å². The summed E-state index contributed by atoms with van der Waals surface area (Å²) in [6.45, 7) is 11.8. The number of guanidine groups is 1. The highest BCUT2D eigenvalue weighted by molar-refractivity contribution is 5.80. The fraction of sp³-hybridized carbons (Fsp3) is 0.955. The quantitative estimate of drug-likeness (QED) is 0.603. The number of aliphatic imine (C=N–C) groups is 1. The molecule has 156 valence electrons. The number of likely N-dealkylation sites (N-methyl/N-ethyl adjacent to an activating group) is 1. The van der Waals surface area contributed by atoms with E-state index in [0.29, 0.717) is 11.3 Å². The zero-order valence-corrected chi connectivity index (χ0v) is 18.2.